The van der Waals surface area contributed by atoms with E-state index in [0.29, 0.717) is 5.41 Å². The highest BCUT2D eigenvalue weighted by Gasteiger charge is 2.32. The summed E-state index contributed by atoms with van der Waals surface area (Å²) in [6.45, 7) is 7.27. The Morgan fingerprint density at radius 2 is 1.62 bits per heavy atom. The van der Waals surface area contributed by atoms with E-state index in [1.807, 2.05) is 0 Å². The summed E-state index contributed by atoms with van der Waals surface area (Å²) in [5, 5.41) is 3.64. The number of rotatable bonds is 6. The van der Waals surface area contributed by atoms with Crippen LogP contribution in [0.2, 0.25) is 0 Å². The third-order valence-electron chi connectivity index (χ3n) is 4.84. The van der Waals surface area contributed by atoms with Crippen LogP contribution in [0.4, 0.5) is 0 Å². The molecule has 21 heavy (non-hydrogen) atoms. The van der Waals surface area contributed by atoms with Crippen molar-refractivity contribution in [3.63, 3.8) is 0 Å². The van der Waals surface area contributed by atoms with Crippen LogP contribution in [0.5, 0.6) is 0 Å². The van der Waals surface area contributed by atoms with Gasteiger partial charge >= 0.3 is 0 Å². The van der Waals surface area contributed by atoms with E-state index in [-0.39, 0.29) is 0 Å². The van der Waals surface area contributed by atoms with Gasteiger partial charge in [-0.1, -0.05) is 55.0 Å². The van der Waals surface area contributed by atoms with Gasteiger partial charge in [-0.3, -0.25) is 0 Å². The summed E-state index contributed by atoms with van der Waals surface area (Å²) < 4.78 is 5.17. The molecule has 1 saturated carbocycles. The first-order chi connectivity index (χ1) is 10.2. The van der Waals surface area contributed by atoms with Gasteiger partial charge in [0.15, 0.2) is 0 Å². The van der Waals surface area contributed by atoms with Crippen LogP contribution in [0, 0.1) is 13.8 Å². The molecule has 0 aromatic heterocycles. The average molecular weight is 289 g/mol. The molecule has 0 atom stereocenters. The minimum Gasteiger partial charge on any atom is -0.383 e. The Balaban J connectivity index is 2.21. The van der Waals surface area contributed by atoms with Crippen molar-refractivity contribution in [1.29, 1.82) is 0 Å². The Kier molecular flexibility index (Phi) is 6.25. The fourth-order valence-electron chi connectivity index (χ4n) is 3.76. The van der Waals surface area contributed by atoms with Gasteiger partial charge < -0.3 is 10.1 Å². The van der Waals surface area contributed by atoms with E-state index in [4.69, 9.17) is 4.74 Å². The second-order valence-electron chi connectivity index (χ2n) is 6.74. The van der Waals surface area contributed by atoms with E-state index in [1.165, 1.54) is 49.7 Å². The molecule has 1 aromatic rings. The molecule has 1 fully saturated rings. The molecule has 2 heteroatoms. The van der Waals surface area contributed by atoms with Gasteiger partial charge in [0.1, 0.15) is 0 Å². The van der Waals surface area contributed by atoms with Crippen molar-refractivity contribution >= 4 is 0 Å². The zero-order valence-corrected chi connectivity index (χ0v) is 14.0. The minimum atomic E-state index is 0.320. The first kappa shape index (κ1) is 16.5. The zero-order valence-electron chi connectivity index (χ0n) is 14.0. The molecule has 0 saturated heterocycles. The molecular formula is C19H31NO. The summed E-state index contributed by atoms with van der Waals surface area (Å²) in [6, 6.07) is 7.11. The third-order valence-corrected chi connectivity index (χ3v) is 4.84. The molecule has 0 spiro atoms. The maximum Gasteiger partial charge on any atom is 0.0587 e. The van der Waals surface area contributed by atoms with Crippen LogP contribution in [0.25, 0.3) is 0 Å². The van der Waals surface area contributed by atoms with E-state index < -0.39 is 0 Å². The summed E-state index contributed by atoms with van der Waals surface area (Å²) in [5.41, 5.74) is 4.66. The van der Waals surface area contributed by atoms with Crippen molar-refractivity contribution in [3.05, 3.63) is 34.9 Å². The lowest BCUT2D eigenvalue weighted by molar-refractivity contribution is 0.195. The van der Waals surface area contributed by atoms with Gasteiger partial charge in [-0.25, -0.2) is 0 Å². The minimum absolute atomic E-state index is 0.320. The van der Waals surface area contributed by atoms with E-state index >= 15 is 0 Å². The van der Waals surface area contributed by atoms with Gasteiger partial charge in [-0.2, -0.15) is 0 Å². The lowest BCUT2D eigenvalue weighted by Crippen LogP contribution is -2.39. The van der Waals surface area contributed by atoms with Gasteiger partial charge in [0.25, 0.3) is 0 Å². The van der Waals surface area contributed by atoms with Crippen molar-refractivity contribution < 1.29 is 4.74 Å². The van der Waals surface area contributed by atoms with Crippen molar-refractivity contribution in [1.82, 2.24) is 5.32 Å². The monoisotopic (exact) mass is 289 g/mol. The molecule has 0 aliphatic heterocycles. The Hall–Kier alpha value is -0.860. The van der Waals surface area contributed by atoms with Crippen LogP contribution >= 0.6 is 0 Å². The molecule has 1 aromatic carbocycles. The molecule has 1 aliphatic rings. The standard InChI is InChI=1S/C19H31NO/c1-16-12-17(2)14-18(13-16)19(15-20-10-11-21-3)8-6-4-5-7-9-19/h12-14,20H,4-11,15H2,1-3H3. The molecule has 0 heterocycles. The lowest BCUT2D eigenvalue weighted by atomic mass is 9.73. The number of hydrogen-bond donors (Lipinski definition) is 1. The Morgan fingerprint density at radius 1 is 1.00 bits per heavy atom. The number of hydrogen-bond acceptors (Lipinski definition) is 2. The van der Waals surface area contributed by atoms with Crippen LogP contribution in [-0.4, -0.2) is 26.8 Å². The predicted octanol–water partition coefficient (Wildman–Crippen LogP) is 4.13. The van der Waals surface area contributed by atoms with E-state index in [0.717, 1.165) is 19.7 Å². The van der Waals surface area contributed by atoms with Crippen LogP contribution in [0.15, 0.2) is 18.2 Å². The number of nitrogens with one attached hydrogen (secondary N) is 1. The summed E-state index contributed by atoms with van der Waals surface area (Å²) in [5.74, 6) is 0. The highest BCUT2D eigenvalue weighted by atomic mass is 16.5. The van der Waals surface area contributed by atoms with Crippen molar-refractivity contribution in [2.75, 3.05) is 26.8 Å². The van der Waals surface area contributed by atoms with Crippen LogP contribution < -0.4 is 5.32 Å². The lowest BCUT2D eigenvalue weighted by Gasteiger charge is -2.34. The van der Waals surface area contributed by atoms with Crippen LogP contribution in [-0.2, 0) is 10.2 Å². The van der Waals surface area contributed by atoms with Gasteiger partial charge in [-0.05, 0) is 32.3 Å². The molecule has 1 N–H and O–H groups in total. The van der Waals surface area contributed by atoms with Crippen molar-refractivity contribution in [2.24, 2.45) is 0 Å². The van der Waals surface area contributed by atoms with Gasteiger partial charge in [0, 0.05) is 25.6 Å². The Labute approximate surface area is 130 Å². The summed E-state index contributed by atoms with van der Waals surface area (Å²) in [6.07, 6.45) is 8.14. The van der Waals surface area contributed by atoms with Gasteiger partial charge in [0.2, 0.25) is 0 Å². The highest BCUT2D eigenvalue weighted by Crippen LogP contribution is 2.38. The maximum absolute atomic E-state index is 5.17. The molecule has 0 amide bonds. The summed E-state index contributed by atoms with van der Waals surface area (Å²) >= 11 is 0. The molecule has 118 valence electrons. The molecule has 2 rings (SSSR count). The largest absolute Gasteiger partial charge is 0.383 e. The molecule has 0 radical (unpaired) electrons. The second kappa shape index (κ2) is 7.95. The number of ether oxygens (including phenoxy) is 1. The average Bonchev–Trinajstić information content (AvgIpc) is 2.69. The number of aryl methyl sites for hydroxylation is 2. The molecule has 0 unspecified atom stereocenters. The van der Waals surface area contributed by atoms with Gasteiger partial charge in [0.05, 0.1) is 6.61 Å². The quantitative estimate of drug-likeness (QED) is 0.628. The predicted molar refractivity (Wildman–Crippen MR) is 90.0 cm³/mol. The first-order valence-electron chi connectivity index (χ1n) is 8.45. The van der Waals surface area contributed by atoms with Crippen molar-refractivity contribution in [2.45, 2.75) is 57.8 Å². The van der Waals surface area contributed by atoms with E-state index in [2.05, 4.69) is 37.4 Å². The zero-order chi connectivity index (χ0) is 15.1. The second-order valence-corrected chi connectivity index (χ2v) is 6.74. The van der Waals surface area contributed by atoms with Crippen LogP contribution in [0.3, 0.4) is 0 Å². The van der Waals surface area contributed by atoms with E-state index in [9.17, 15) is 0 Å². The van der Waals surface area contributed by atoms with Gasteiger partial charge in [-0.15, -0.1) is 0 Å². The van der Waals surface area contributed by atoms with Crippen LogP contribution in [0.1, 0.15) is 55.2 Å². The first-order valence-corrected chi connectivity index (χ1v) is 8.45. The molecule has 2 nitrogen and oxygen atoms in total. The number of methoxy groups -OCH3 is 1. The number of benzene rings is 1. The molecule has 1 aliphatic carbocycles. The molecule has 0 bridgehead atoms. The Bertz CT molecular complexity index is 413. The fourth-order valence-corrected chi connectivity index (χ4v) is 3.76. The van der Waals surface area contributed by atoms with E-state index in [1.54, 1.807) is 12.7 Å². The highest BCUT2D eigenvalue weighted by molar-refractivity contribution is 5.34. The Morgan fingerprint density at radius 3 is 2.19 bits per heavy atom. The fraction of sp³-hybridized carbons (Fsp3) is 0.684. The normalized spacial score (nSPS) is 18.4. The van der Waals surface area contributed by atoms with Crippen molar-refractivity contribution in [3.8, 4) is 0 Å². The SMILES string of the molecule is COCCNCC1(c2cc(C)cc(C)c2)CCCCCC1. The topological polar surface area (TPSA) is 21.3 Å². The maximum atomic E-state index is 5.17. The third kappa shape index (κ3) is 4.55. The smallest absolute Gasteiger partial charge is 0.0587 e. The summed E-state index contributed by atoms with van der Waals surface area (Å²) in [7, 11) is 1.77. The summed E-state index contributed by atoms with van der Waals surface area (Å²) in [4.78, 5) is 0. The molecular weight excluding hydrogens is 258 g/mol.